The van der Waals surface area contributed by atoms with Crippen LogP contribution < -0.4 is 10.6 Å². The summed E-state index contributed by atoms with van der Waals surface area (Å²) in [5, 5.41) is 6.13. The molecule has 92 valence electrons. The van der Waals surface area contributed by atoms with Gasteiger partial charge in [0.2, 0.25) is 5.91 Å². The second-order valence-corrected chi connectivity index (χ2v) is 4.38. The highest BCUT2D eigenvalue weighted by Crippen LogP contribution is 2.13. The SMILES string of the molecule is O=C(NCC1CCOCC1)C1COCCN1. The lowest BCUT2D eigenvalue weighted by Gasteiger charge is -2.26. The van der Waals surface area contributed by atoms with Gasteiger partial charge in [-0.3, -0.25) is 4.79 Å². The summed E-state index contributed by atoms with van der Waals surface area (Å²) >= 11 is 0. The van der Waals surface area contributed by atoms with E-state index in [0.717, 1.165) is 39.1 Å². The fraction of sp³-hybridized carbons (Fsp3) is 0.909. The smallest absolute Gasteiger partial charge is 0.239 e. The molecule has 2 heterocycles. The predicted molar refractivity (Wildman–Crippen MR) is 59.2 cm³/mol. The average Bonchev–Trinajstić information content (AvgIpc) is 2.38. The molecule has 2 fully saturated rings. The Labute approximate surface area is 95.9 Å². The first-order chi connectivity index (χ1) is 7.86. The van der Waals surface area contributed by atoms with Crippen LogP contribution in [0, 0.1) is 5.92 Å². The highest BCUT2D eigenvalue weighted by molar-refractivity contribution is 5.81. The molecule has 1 amide bonds. The molecule has 2 aliphatic heterocycles. The van der Waals surface area contributed by atoms with E-state index in [4.69, 9.17) is 9.47 Å². The molecule has 5 nitrogen and oxygen atoms in total. The molecular weight excluding hydrogens is 208 g/mol. The van der Waals surface area contributed by atoms with Crippen LogP contribution in [-0.4, -0.2) is 51.5 Å². The van der Waals surface area contributed by atoms with Crippen LogP contribution in [0.3, 0.4) is 0 Å². The summed E-state index contributed by atoms with van der Waals surface area (Å²) in [6.45, 7) is 4.36. The van der Waals surface area contributed by atoms with Crippen molar-refractivity contribution in [3.8, 4) is 0 Å². The first-order valence-corrected chi connectivity index (χ1v) is 6.03. The minimum absolute atomic E-state index is 0.0613. The lowest BCUT2D eigenvalue weighted by Crippen LogP contribution is -2.52. The van der Waals surface area contributed by atoms with Gasteiger partial charge in [0, 0.05) is 26.3 Å². The van der Waals surface area contributed by atoms with Crippen molar-refractivity contribution in [2.24, 2.45) is 5.92 Å². The normalized spacial score (nSPS) is 27.6. The molecule has 1 unspecified atom stereocenters. The Morgan fingerprint density at radius 2 is 2.06 bits per heavy atom. The van der Waals surface area contributed by atoms with Crippen LogP contribution in [0.15, 0.2) is 0 Å². The topological polar surface area (TPSA) is 59.6 Å². The van der Waals surface area contributed by atoms with Gasteiger partial charge in [-0.1, -0.05) is 0 Å². The number of carbonyl (C=O) groups excluding carboxylic acids is 1. The van der Waals surface area contributed by atoms with Gasteiger partial charge in [0.25, 0.3) is 0 Å². The third-order valence-corrected chi connectivity index (χ3v) is 3.14. The molecule has 2 aliphatic rings. The fourth-order valence-electron chi connectivity index (χ4n) is 2.05. The first-order valence-electron chi connectivity index (χ1n) is 6.03. The predicted octanol–water partition coefficient (Wildman–Crippen LogP) is -0.482. The zero-order chi connectivity index (χ0) is 11.2. The van der Waals surface area contributed by atoms with Crippen LogP contribution in [0.2, 0.25) is 0 Å². The lowest BCUT2D eigenvalue weighted by atomic mass is 10.0. The van der Waals surface area contributed by atoms with Gasteiger partial charge in [-0.15, -0.1) is 0 Å². The van der Waals surface area contributed by atoms with Gasteiger partial charge in [-0.05, 0) is 18.8 Å². The second kappa shape index (κ2) is 6.18. The molecular formula is C11H20N2O3. The van der Waals surface area contributed by atoms with E-state index in [2.05, 4.69) is 10.6 Å². The molecule has 0 aliphatic carbocycles. The van der Waals surface area contributed by atoms with E-state index >= 15 is 0 Å². The Morgan fingerprint density at radius 1 is 1.25 bits per heavy atom. The van der Waals surface area contributed by atoms with Crippen molar-refractivity contribution in [1.29, 1.82) is 0 Å². The maximum Gasteiger partial charge on any atom is 0.239 e. The van der Waals surface area contributed by atoms with Crippen molar-refractivity contribution in [3.63, 3.8) is 0 Å². The molecule has 0 spiro atoms. The maximum atomic E-state index is 11.8. The number of hydrogen-bond donors (Lipinski definition) is 2. The van der Waals surface area contributed by atoms with Crippen molar-refractivity contribution in [1.82, 2.24) is 10.6 Å². The highest BCUT2D eigenvalue weighted by atomic mass is 16.5. The van der Waals surface area contributed by atoms with Crippen molar-refractivity contribution in [2.75, 3.05) is 39.5 Å². The Kier molecular flexibility index (Phi) is 4.56. The largest absolute Gasteiger partial charge is 0.381 e. The Hall–Kier alpha value is -0.650. The van der Waals surface area contributed by atoms with Crippen LogP contribution in [0.4, 0.5) is 0 Å². The molecule has 5 heteroatoms. The summed E-state index contributed by atoms with van der Waals surface area (Å²) in [5.74, 6) is 0.633. The van der Waals surface area contributed by atoms with Gasteiger partial charge in [-0.2, -0.15) is 0 Å². The van der Waals surface area contributed by atoms with Crippen LogP contribution >= 0.6 is 0 Å². The van der Waals surface area contributed by atoms with Crippen molar-refractivity contribution >= 4 is 5.91 Å². The number of nitrogens with one attached hydrogen (secondary N) is 2. The fourth-order valence-corrected chi connectivity index (χ4v) is 2.05. The van der Waals surface area contributed by atoms with Gasteiger partial charge in [0.05, 0.1) is 13.2 Å². The molecule has 0 radical (unpaired) electrons. The minimum atomic E-state index is -0.173. The number of carbonyl (C=O) groups is 1. The van der Waals surface area contributed by atoms with E-state index in [1.165, 1.54) is 0 Å². The highest BCUT2D eigenvalue weighted by Gasteiger charge is 2.22. The quantitative estimate of drug-likeness (QED) is 0.685. The van der Waals surface area contributed by atoms with Gasteiger partial charge in [-0.25, -0.2) is 0 Å². The van der Waals surface area contributed by atoms with Crippen molar-refractivity contribution < 1.29 is 14.3 Å². The molecule has 0 aromatic carbocycles. The standard InChI is InChI=1S/C11H20N2O3/c14-11(10-8-16-6-3-12-10)13-7-9-1-4-15-5-2-9/h9-10,12H,1-8H2,(H,13,14). The van der Waals surface area contributed by atoms with Gasteiger partial charge in [0.15, 0.2) is 0 Å². The molecule has 0 bridgehead atoms. The summed E-state index contributed by atoms with van der Waals surface area (Å²) in [5.41, 5.74) is 0. The molecule has 1 atom stereocenters. The Balaban J connectivity index is 1.65. The van der Waals surface area contributed by atoms with E-state index in [0.29, 0.717) is 19.1 Å². The summed E-state index contributed by atoms with van der Waals surface area (Å²) in [7, 11) is 0. The van der Waals surface area contributed by atoms with E-state index in [1.54, 1.807) is 0 Å². The second-order valence-electron chi connectivity index (χ2n) is 4.38. The Bertz CT molecular complexity index is 223. The molecule has 2 saturated heterocycles. The van der Waals surface area contributed by atoms with Crippen LogP contribution in [0.25, 0.3) is 0 Å². The third-order valence-electron chi connectivity index (χ3n) is 3.14. The minimum Gasteiger partial charge on any atom is -0.381 e. The van der Waals surface area contributed by atoms with E-state index in [1.807, 2.05) is 0 Å². The monoisotopic (exact) mass is 228 g/mol. The number of amides is 1. The van der Waals surface area contributed by atoms with E-state index in [9.17, 15) is 4.79 Å². The Morgan fingerprint density at radius 3 is 2.75 bits per heavy atom. The van der Waals surface area contributed by atoms with E-state index < -0.39 is 0 Å². The first kappa shape index (κ1) is 11.8. The van der Waals surface area contributed by atoms with Gasteiger partial charge in [0.1, 0.15) is 6.04 Å². The van der Waals surface area contributed by atoms with Crippen LogP contribution in [-0.2, 0) is 14.3 Å². The van der Waals surface area contributed by atoms with E-state index in [-0.39, 0.29) is 11.9 Å². The average molecular weight is 228 g/mol. The maximum absolute atomic E-state index is 11.8. The van der Waals surface area contributed by atoms with Gasteiger partial charge < -0.3 is 20.1 Å². The summed E-state index contributed by atoms with van der Waals surface area (Å²) in [4.78, 5) is 11.8. The number of hydrogen-bond acceptors (Lipinski definition) is 4. The molecule has 2 N–H and O–H groups in total. The van der Waals surface area contributed by atoms with Crippen molar-refractivity contribution in [2.45, 2.75) is 18.9 Å². The summed E-state index contributed by atoms with van der Waals surface area (Å²) < 4.78 is 10.5. The summed E-state index contributed by atoms with van der Waals surface area (Å²) in [6.07, 6.45) is 2.10. The lowest BCUT2D eigenvalue weighted by molar-refractivity contribution is -0.126. The zero-order valence-electron chi connectivity index (χ0n) is 9.54. The number of morpholine rings is 1. The molecule has 0 aromatic heterocycles. The molecule has 2 rings (SSSR count). The van der Waals surface area contributed by atoms with Crippen LogP contribution in [0.1, 0.15) is 12.8 Å². The van der Waals surface area contributed by atoms with Crippen LogP contribution in [0.5, 0.6) is 0 Å². The number of ether oxygens (including phenoxy) is 2. The molecule has 0 aromatic rings. The number of rotatable bonds is 3. The third kappa shape index (κ3) is 3.43. The van der Waals surface area contributed by atoms with Gasteiger partial charge >= 0.3 is 0 Å². The molecule has 0 saturated carbocycles. The molecule has 16 heavy (non-hydrogen) atoms. The summed E-state index contributed by atoms with van der Waals surface area (Å²) in [6, 6.07) is -0.173. The van der Waals surface area contributed by atoms with Crippen molar-refractivity contribution in [3.05, 3.63) is 0 Å². The zero-order valence-corrected chi connectivity index (χ0v) is 9.54.